The van der Waals surface area contributed by atoms with Gasteiger partial charge in [0.1, 0.15) is 15.7 Å². The summed E-state index contributed by atoms with van der Waals surface area (Å²) in [5.74, 6) is -0.287. The summed E-state index contributed by atoms with van der Waals surface area (Å²) < 4.78 is 34.7. The summed E-state index contributed by atoms with van der Waals surface area (Å²) in [5, 5.41) is 3.10. The zero-order valence-electron chi connectivity index (χ0n) is 9.98. The molecule has 1 unspecified atom stereocenters. The van der Waals surface area contributed by atoms with E-state index in [0.29, 0.717) is 6.54 Å². The van der Waals surface area contributed by atoms with E-state index in [-0.39, 0.29) is 17.6 Å². The van der Waals surface area contributed by atoms with Gasteiger partial charge in [-0.2, -0.15) is 0 Å². The van der Waals surface area contributed by atoms with Gasteiger partial charge in [-0.25, -0.2) is 12.8 Å². The Kier molecular flexibility index (Phi) is 5.02. The normalized spacial score (nSPS) is 13.6. The summed E-state index contributed by atoms with van der Waals surface area (Å²) in [5.41, 5.74) is 0.724. The van der Waals surface area contributed by atoms with Crippen molar-refractivity contribution in [1.82, 2.24) is 10.3 Å². The highest BCUT2D eigenvalue weighted by Gasteiger charge is 2.11. The molecule has 0 bridgehead atoms. The van der Waals surface area contributed by atoms with Crippen LogP contribution in [0, 0.1) is 5.82 Å². The van der Waals surface area contributed by atoms with Crippen LogP contribution in [0.1, 0.15) is 25.1 Å². The molecule has 0 aliphatic carbocycles. The van der Waals surface area contributed by atoms with Crippen molar-refractivity contribution in [3.63, 3.8) is 0 Å². The Morgan fingerprint density at radius 3 is 2.65 bits per heavy atom. The molecule has 1 rings (SSSR count). The Morgan fingerprint density at radius 2 is 2.18 bits per heavy atom. The van der Waals surface area contributed by atoms with Crippen molar-refractivity contribution < 1.29 is 12.8 Å². The number of halogens is 1. The standard InChI is InChI=1S/C11H17FN2O2S/c1-3-10(13-6-7-17(2,15)16)11-5-4-9(12)8-14-11/h4-5,8,10,13H,3,6-7H2,1-2H3. The zero-order valence-corrected chi connectivity index (χ0v) is 10.8. The Morgan fingerprint density at radius 1 is 1.47 bits per heavy atom. The van der Waals surface area contributed by atoms with Crippen molar-refractivity contribution in [2.75, 3.05) is 18.6 Å². The molecule has 0 saturated heterocycles. The highest BCUT2D eigenvalue weighted by Crippen LogP contribution is 2.13. The molecule has 0 fully saturated rings. The van der Waals surface area contributed by atoms with Crippen molar-refractivity contribution in [2.24, 2.45) is 0 Å². The highest BCUT2D eigenvalue weighted by molar-refractivity contribution is 7.90. The molecule has 0 amide bonds. The molecule has 0 saturated carbocycles. The number of nitrogens with one attached hydrogen (secondary N) is 1. The van der Waals surface area contributed by atoms with Crippen molar-refractivity contribution in [1.29, 1.82) is 0 Å². The lowest BCUT2D eigenvalue weighted by Crippen LogP contribution is -2.27. The molecule has 0 spiro atoms. The minimum Gasteiger partial charge on any atom is -0.308 e. The van der Waals surface area contributed by atoms with Crippen LogP contribution in [0.25, 0.3) is 0 Å². The molecule has 17 heavy (non-hydrogen) atoms. The molecule has 0 aromatic carbocycles. The summed E-state index contributed by atoms with van der Waals surface area (Å²) in [6, 6.07) is 2.91. The molecule has 4 nitrogen and oxygen atoms in total. The lowest BCUT2D eigenvalue weighted by atomic mass is 10.1. The monoisotopic (exact) mass is 260 g/mol. The molecule has 0 aliphatic heterocycles. The molecule has 0 aliphatic rings. The van der Waals surface area contributed by atoms with Gasteiger partial charge in [-0.3, -0.25) is 4.98 Å². The number of aromatic nitrogens is 1. The van der Waals surface area contributed by atoms with E-state index in [2.05, 4.69) is 10.3 Å². The van der Waals surface area contributed by atoms with Crippen molar-refractivity contribution >= 4 is 9.84 Å². The molecule has 1 heterocycles. The Hall–Kier alpha value is -1.01. The summed E-state index contributed by atoms with van der Waals surface area (Å²) in [6.07, 6.45) is 3.13. The maximum atomic E-state index is 12.7. The van der Waals surface area contributed by atoms with E-state index in [1.807, 2.05) is 6.92 Å². The van der Waals surface area contributed by atoms with Gasteiger partial charge in [0.25, 0.3) is 0 Å². The molecule has 0 radical (unpaired) electrons. The van der Waals surface area contributed by atoms with Crippen LogP contribution in [-0.4, -0.2) is 32.0 Å². The fourth-order valence-corrected chi connectivity index (χ4v) is 1.96. The molecular formula is C11H17FN2O2S. The molecular weight excluding hydrogens is 243 g/mol. The molecule has 1 aromatic heterocycles. The molecule has 1 N–H and O–H groups in total. The van der Waals surface area contributed by atoms with Crippen molar-refractivity contribution in [3.05, 3.63) is 29.8 Å². The third-order valence-corrected chi connectivity index (χ3v) is 3.32. The third-order valence-electron chi connectivity index (χ3n) is 2.38. The fraction of sp³-hybridized carbons (Fsp3) is 0.545. The van der Waals surface area contributed by atoms with E-state index < -0.39 is 9.84 Å². The van der Waals surface area contributed by atoms with Crippen LogP contribution in [0.2, 0.25) is 0 Å². The second-order valence-corrected chi connectivity index (χ2v) is 6.21. The first-order chi connectivity index (χ1) is 7.92. The Balaban J connectivity index is 2.57. The van der Waals surface area contributed by atoms with Crippen LogP contribution in [0.5, 0.6) is 0 Å². The van der Waals surface area contributed by atoms with E-state index in [0.717, 1.165) is 18.3 Å². The quantitative estimate of drug-likeness (QED) is 0.837. The molecule has 6 heteroatoms. The summed E-state index contributed by atoms with van der Waals surface area (Å²) in [7, 11) is -2.96. The smallest absolute Gasteiger partial charge is 0.148 e. The minimum atomic E-state index is -2.96. The highest BCUT2D eigenvalue weighted by atomic mass is 32.2. The van der Waals surface area contributed by atoms with E-state index in [1.165, 1.54) is 12.3 Å². The summed E-state index contributed by atoms with van der Waals surface area (Å²) >= 11 is 0. The van der Waals surface area contributed by atoms with Crippen LogP contribution < -0.4 is 5.32 Å². The van der Waals surface area contributed by atoms with E-state index >= 15 is 0 Å². The van der Waals surface area contributed by atoms with Crippen LogP contribution in [0.4, 0.5) is 4.39 Å². The third kappa shape index (κ3) is 5.23. The van der Waals surface area contributed by atoms with Gasteiger partial charge in [-0.05, 0) is 18.6 Å². The zero-order chi connectivity index (χ0) is 12.9. The number of sulfone groups is 1. The van der Waals surface area contributed by atoms with Gasteiger partial charge >= 0.3 is 0 Å². The van der Waals surface area contributed by atoms with Gasteiger partial charge in [0, 0.05) is 18.8 Å². The SMILES string of the molecule is CCC(NCCS(C)(=O)=O)c1ccc(F)cn1. The lowest BCUT2D eigenvalue weighted by Gasteiger charge is -2.15. The number of hydrogen-bond acceptors (Lipinski definition) is 4. The van der Waals surface area contributed by atoms with Crippen molar-refractivity contribution in [2.45, 2.75) is 19.4 Å². The number of rotatable bonds is 6. The first-order valence-electron chi connectivity index (χ1n) is 5.45. The van der Waals surface area contributed by atoms with Gasteiger partial charge in [-0.1, -0.05) is 6.92 Å². The summed E-state index contributed by atoms with van der Waals surface area (Å²) in [6.45, 7) is 2.33. The molecule has 96 valence electrons. The topological polar surface area (TPSA) is 59.1 Å². The molecule has 1 aromatic rings. The predicted molar refractivity (Wildman–Crippen MR) is 64.9 cm³/mol. The van der Waals surface area contributed by atoms with E-state index in [4.69, 9.17) is 0 Å². The average molecular weight is 260 g/mol. The van der Waals surface area contributed by atoms with Gasteiger partial charge in [0.2, 0.25) is 0 Å². The van der Waals surface area contributed by atoms with Gasteiger partial charge in [0.15, 0.2) is 0 Å². The van der Waals surface area contributed by atoms with Gasteiger partial charge in [-0.15, -0.1) is 0 Å². The van der Waals surface area contributed by atoms with E-state index in [9.17, 15) is 12.8 Å². The molecule has 1 atom stereocenters. The number of pyridine rings is 1. The summed E-state index contributed by atoms with van der Waals surface area (Å²) in [4.78, 5) is 3.98. The number of nitrogens with zero attached hydrogens (tertiary/aromatic N) is 1. The lowest BCUT2D eigenvalue weighted by molar-refractivity contribution is 0.517. The van der Waals surface area contributed by atoms with Crippen LogP contribution in [0.15, 0.2) is 18.3 Å². The van der Waals surface area contributed by atoms with Gasteiger partial charge in [0.05, 0.1) is 17.6 Å². The van der Waals surface area contributed by atoms with Crippen LogP contribution >= 0.6 is 0 Å². The minimum absolute atomic E-state index is 0.0441. The van der Waals surface area contributed by atoms with Crippen LogP contribution in [0.3, 0.4) is 0 Å². The maximum Gasteiger partial charge on any atom is 0.148 e. The predicted octanol–water partition coefficient (Wildman–Crippen LogP) is 1.31. The average Bonchev–Trinajstić information content (AvgIpc) is 2.24. The second kappa shape index (κ2) is 6.07. The maximum absolute atomic E-state index is 12.7. The largest absolute Gasteiger partial charge is 0.308 e. The van der Waals surface area contributed by atoms with Crippen LogP contribution in [-0.2, 0) is 9.84 Å². The van der Waals surface area contributed by atoms with Gasteiger partial charge < -0.3 is 5.32 Å². The Labute approximate surface area is 101 Å². The van der Waals surface area contributed by atoms with Crippen molar-refractivity contribution in [3.8, 4) is 0 Å². The van der Waals surface area contributed by atoms with E-state index in [1.54, 1.807) is 6.07 Å². The first-order valence-corrected chi connectivity index (χ1v) is 7.51. The Bertz CT molecular complexity index is 445. The second-order valence-electron chi connectivity index (χ2n) is 3.95. The number of hydrogen-bond donors (Lipinski definition) is 1. The fourth-order valence-electron chi connectivity index (χ4n) is 1.47. The first kappa shape index (κ1) is 14.1.